The first-order chi connectivity index (χ1) is 28.8. The number of fused-ring (bicyclic) bond motifs is 3. The minimum Gasteiger partial charge on any atom is -0.310 e. The van der Waals surface area contributed by atoms with Crippen LogP contribution in [-0.2, 0) is 5.41 Å². The fraction of sp³-hybridized carbons (Fsp3) is 0.0545. The van der Waals surface area contributed by atoms with Crippen molar-refractivity contribution in [3.05, 3.63) is 239 Å². The predicted molar refractivity (Wildman–Crippen MR) is 244 cm³/mol. The number of hydrogen-bond donors (Lipinski definition) is 0. The van der Waals surface area contributed by atoms with Gasteiger partial charge in [0.05, 0.1) is 0 Å². The number of halogens is 2. The van der Waals surface area contributed by atoms with E-state index in [9.17, 15) is 8.78 Å². The Bertz CT molecular complexity index is 2580. The van der Waals surface area contributed by atoms with Crippen molar-refractivity contribution >= 4 is 58.4 Å². The van der Waals surface area contributed by atoms with Crippen molar-refractivity contribution in [1.29, 1.82) is 0 Å². The number of rotatable bonds is 10. The Kier molecular flexibility index (Phi) is 10.1. The molecule has 2 nitrogen and oxygen atoms in total. The van der Waals surface area contributed by atoms with Crippen LogP contribution in [0.5, 0.6) is 0 Å². The van der Waals surface area contributed by atoms with Crippen LogP contribution in [-0.4, -0.2) is 0 Å². The predicted octanol–water partition coefficient (Wildman–Crippen LogP) is 15.6. The summed E-state index contributed by atoms with van der Waals surface area (Å²) < 4.78 is 28.5. The van der Waals surface area contributed by atoms with Crippen molar-refractivity contribution in [2.45, 2.75) is 19.3 Å². The zero-order chi connectivity index (χ0) is 40.3. The van der Waals surface area contributed by atoms with Gasteiger partial charge >= 0.3 is 0 Å². The zero-order valence-corrected chi connectivity index (χ0v) is 32.9. The van der Waals surface area contributed by atoms with Gasteiger partial charge in [0.15, 0.2) is 0 Å². The van der Waals surface area contributed by atoms with E-state index >= 15 is 0 Å². The van der Waals surface area contributed by atoms with Crippen molar-refractivity contribution in [1.82, 2.24) is 0 Å². The second-order valence-electron chi connectivity index (χ2n) is 15.4. The smallest absolute Gasteiger partial charge is 0.123 e. The molecule has 0 unspecified atom stereocenters. The van der Waals surface area contributed by atoms with E-state index in [0.29, 0.717) is 0 Å². The summed E-state index contributed by atoms with van der Waals surface area (Å²) in [5.74, 6) is -0.552. The van der Waals surface area contributed by atoms with Crippen molar-refractivity contribution in [3.63, 3.8) is 0 Å². The molecule has 8 aromatic rings. The van der Waals surface area contributed by atoms with Gasteiger partial charge in [0.2, 0.25) is 0 Å². The molecule has 0 aromatic heterocycles. The average molecular weight is 769 g/mol. The Labute approximate surface area is 345 Å². The SMILES string of the molecule is CC1(C)c2cc(N(c3ccc(F)cc3)c3ccc(/C=C/c4ccccc4)cc3)ccc2-c2ccc(N(c3ccc(F)cc3)c3ccc(/C=C/c4ccccc4)cc3)cc21. The number of hydrogen-bond acceptors (Lipinski definition) is 2. The third kappa shape index (κ3) is 7.73. The molecule has 4 heteroatoms. The van der Waals surface area contributed by atoms with E-state index in [0.717, 1.165) is 56.4 Å². The van der Waals surface area contributed by atoms with Crippen LogP contribution in [0.4, 0.5) is 42.9 Å². The first-order valence-corrected chi connectivity index (χ1v) is 19.9. The number of anilines is 6. The second kappa shape index (κ2) is 15.9. The van der Waals surface area contributed by atoms with E-state index in [1.165, 1.54) is 46.5 Å². The van der Waals surface area contributed by atoms with E-state index in [1.54, 1.807) is 0 Å². The van der Waals surface area contributed by atoms with Gasteiger partial charge in [-0.3, -0.25) is 0 Å². The molecule has 0 atom stereocenters. The van der Waals surface area contributed by atoms with E-state index in [1.807, 2.05) is 60.7 Å². The first-order valence-electron chi connectivity index (χ1n) is 19.9. The van der Waals surface area contributed by atoms with Crippen molar-refractivity contribution < 1.29 is 8.78 Å². The molecule has 286 valence electrons. The van der Waals surface area contributed by atoms with Gasteiger partial charge in [0.25, 0.3) is 0 Å². The summed E-state index contributed by atoms with van der Waals surface area (Å²) in [6.07, 6.45) is 8.45. The Balaban J connectivity index is 1.06. The molecule has 0 radical (unpaired) electrons. The number of benzene rings is 8. The lowest BCUT2D eigenvalue weighted by molar-refractivity contribution is 0.627. The van der Waals surface area contributed by atoms with E-state index in [2.05, 4.69) is 157 Å². The van der Waals surface area contributed by atoms with Gasteiger partial charge in [0, 0.05) is 39.5 Å². The van der Waals surface area contributed by atoms with Crippen LogP contribution >= 0.6 is 0 Å². The minimum atomic E-state index is -0.349. The summed E-state index contributed by atoms with van der Waals surface area (Å²) in [6, 6.07) is 64.1. The Hall–Kier alpha value is -7.30. The fourth-order valence-electron chi connectivity index (χ4n) is 8.05. The lowest BCUT2D eigenvalue weighted by atomic mass is 9.82. The maximum Gasteiger partial charge on any atom is 0.123 e. The summed E-state index contributed by atoms with van der Waals surface area (Å²) in [4.78, 5) is 4.37. The summed E-state index contributed by atoms with van der Waals surface area (Å²) in [5.41, 5.74) is 14.5. The standard InChI is InChI=1S/C55H42F2N2/c1-55(2)53-37-49(58(47-29-21-43(56)22-30-47)45-25-17-41(18-26-45)15-13-39-9-5-3-6-10-39)33-35-51(53)52-36-34-50(38-54(52)55)59(48-31-23-44(57)24-32-48)46-27-19-42(20-28-46)16-14-40-11-7-4-8-12-40/h3-38H,1-2H3/b15-13+,16-14+. The number of nitrogens with zero attached hydrogens (tertiary/aromatic N) is 2. The molecule has 0 heterocycles. The Morgan fingerprint density at radius 3 is 0.966 bits per heavy atom. The molecule has 0 saturated heterocycles. The Morgan fingerprint density at radius 2 is 0.627 bits per heavy atom. The highest BCUT2D eigenvalue weighted by atomic mass is 19.1. The molecule has 0 amide bonds. The second-order valence-corrected chi connectivity index (χ2v) is 15.4. The van der Waals surface area contributed by atoms with Crippen LogP contribution in [0.2, 0.25) is 0 Å². The van der Waals surface area contributed by atoms with Crippen LogP contribution in [0.1, 0.15) is 47.2 Å². The van der Waals surface area contributed by atoms with Gasteiger partial charge in [-0.1, -0.05) is 135 Å². The highest BCUT2D eigenvalue weighted by Gasteiger charge is 2.37. The minimum absolute atomic E-state index is 0.276. The van der Waals surface area contributed by atoms with Crippen LogP contribution < -0.4 is 9.80 Å². The molecule has 59 heavy (non-hydrogen) atoms. The topological polar surface area (TPSA) is 6.48 Å². The monoisotopic (exact) mass is 768 g/mol. The van der Waals surface area contributed by atoms with Crippen molar-refractivity contribution in [2.75, 3.05) is 9.80 Å². The van der Waals surface area contributed by atoms with Crippen LogP contribution in [0.3, 0.4) is 0 Å². The normalized spacial score (nSPS) is 12.7. The Morgan fingerprint density at radius 1 is 0.339 bits per heavy atom. The van der Waals surface area contributed by atoms with Crippen molar-refractivity contribution in [2.24, 2.45) is 0 Å². The molecule has 0 saturated carbocycles. The van der Waals surface area contributed by atoms with Gasteiger partial charge in [-0.2, -0.15) is 0 Å². The molecule has 0 N–H and O–H groups in total. The maximum absolute atomic E-state index is 14.2. The average Bonchev–Trinajstić information content (AvgIpc) is 3.50. The maximum atomic E-state index is 14.2. The molecule has 1 aliphatic carbocycles. The van der Waals surface area contributed by atoms with E-state index in [-0.39, 0.29) is 17.0 Å². The molecule has 0 fully saturated rings. The summed E-state index contributed by atoms with van der Waals surface area (Å²) in [5, 5.41) is 0. The van der Waals surface area contributed by atoms with Gasteiger partial charge in [0.1, 0.15) is 11.6 Å². The molecular weight excluding hydrogens is 727 g/mol. The zero-order valence-electron chi connectivity index (χ0n) is 32.9. The highest BCUT2D eigenvalue weighted by molar-refractivity contribution is 5.88. The van der Waals surface area contributed by atoms with Crippen molar-refractivity contribution in [3.8, 4) is 11.1 Å². The molecule has 0 spiro atoms. The van der Waals surface area contributed by atoms with Gasteiger partial charge < -0.3 is 9.80 Å². The first kappa shape index (κ1) is 37.3. The van der Waals surface area contributed by atoms with Gasteiger partial charge in [-0.15, -0.1) is 0 Å². The molecule has 0 bridgehead atoms. The molecule has 9 rings (SSSR count). The molecular formula is C55H42F2N2. The summed E-state index contributed by atoms with van der Waals surface area (Å²) in [7, 11) is 0. The summed E-state index contributed by atoms with van der Waals surface area (Å²) >= 11 is 0. The fourth-order valence-corrected chi connectivity index (χ4v) is 8.05. The quantitative estimate of drug-likeness (QED) is 0.128. The third-order valence-corrected chi connectivity index (χ3v) is 11.2. The molecule has 0 aliphatic heterocycles. The van der Waals surface area contributed by atoms with Gasteiger partial charge in [-0.05, 0) is 142 Å². The van der Waals surface area contributed by atoms with Crippen LogP contribution in [0.15, 0.2) is 194 Å². The molecule has 1 aliphatic rings. The highest BCUT2D eigenvalue weighted by Crippen LogP contribution is 2.52. The lowest BCUT2D eigenvalue weighted by Gasteiger charge is -2.29. The third-order valence-electron chi connectivity index (χ3n) is 11.2. The lowest BCUT2D eigenvalue weighted by Crippen LogP contribution is -2.17. The largest absolute Gasteiger partial charge is 0.310 e. The van der Waals surface area contributed by atoms with Crippen LogP contribution in [0.25, 0.3) is 35.4 Å². The van der Waals surface area contributed by atoms with E-state index < -0.39 is 0 Å². The summed E-state index contributed by atoms with van der Waals surface area (Å²) in [6.45, 7) is 4.55. The van der Waals surface area contributed by atoms with Crippen LogP contribution in [0, 0.1) is 11.6 Å². The molecule has 8 aromatic carbocycles. The van der Waals surface area contributed by atoms with Gasteiger partial charge in [-0.25, -0.2) is 8.78 Å². The van der Waals surface area contributed by atoms with E-state index in [4.69, 9.17) is 0 Å².